The average Bonchev–Trinajstić information content (AvgIpc) is 2.74. The molecule has 2 aromatic carbocycles. The Kier molecular flexibility index (Phi) is 5.42. The number of carbonyl (C=O) groups is 1. The summed E-state index contributed by atoms with van der Waals surface area (Å²) in [5, 5.41) is 12.4. The molecule has 0 spiro atoms. The number of rotatable bonds is 2. The number of nitriles is 1. The molecule has 1 fully saturated rings. The standard InChI is InChI=1S/C22H21ClN6O/c1-14-13-29(15(2)12-28(14)17-8-7-16(10-24)18(23)9-17)22(30)27-21-11-25-19-5-3-4-6-20(19)26-21/h3-9,11,14-15H,12-13H2,1-2H3,(H,26,27,30)/t14-,15+/m0/s1. The predicted molar refractivity (Wildman–Crippen MR) is 118 cm³/mol. The fourth-order valence-electron chi connectivity index (χ4n) is 3.74. The molecule has 3 aromatic rings. The number of anilines is 2. The van der Waals surface area contributed by atoms with Gasteiger partial charge in [0.1, 0.15) is 6.07 Å². The highest BCUT2D eigenvalue weighted by molar-refractivity contribution is 6.32. The first-order valence-electron chi connectivity index (χ1n) is 9.72. The fourth-order valence-corrected chi connectivity index (χ4v) is 3.96. The molecule has 1 aliphatic heterocycles. The molecule has 8 heteroatoms. The molecule has 2 heterocycles. The molecule has 1 aliphatic rings. The van der Waals surface area contributed by atoms with Crippen molar-refractivity contribution < 1.29 is 4.79 Å². The van der Waals surface area contributed by atoms with E-state index in [1.54, 1.807) is 12.3 Å². The maximum atomic E-state index is 12.9. The summed E-state index contributed by atoms with van der Waals surface area (Å²) in [5.74, 6) is 0.430. The number of halogens is 1. The Labute approximate surface area is 179 Å². The van der Waals surface area contributed by atoms with E-state index in [0.717, 1.165) is 16.7 Å². The number of para-hydroxylation sites is 2. The molecule has 2 atom stereocenters. The molecular formula is C22H21ClN6O. The van der Waals surface area contributed by atoms with Crippen LogP contribution in [0.15, 0.2) is 48.7 Å². The van der Waals surface area contributed by atoms with Gasteiger partial charge in [0.15, 0.2) is 5.82 Å². The van der Waals surface area contributed by atoms with Gasteiger partial charge in [0.25, 0.3) is 0 Å². The quantitative estimate of drug-likeness (QED) is 0.668. The van der Waals surface area contributed by atoms with Crippen molar-refractivity contribution in [3.8, 4) is 6.07 Å². The summed E-state index contributed by atoms with van der Waals surface area (Å²) in [6.45, 7) is 5.27. The van der Waals surface area contributed by atoms with Gasteiger partial charge in [-0.2, -0.15) is 5.26 Å². The number of fused-ring (bicyclic) bond motifs is 1. The first-order valence-corrected chi connectivity index (χ1v) is 10.1. The minimum atomic E-state index is -0.198. The van der Waals surface area contributed by atoms with Crippen molar-refractivity contribution in [2.24, 2.45) is 0 Å². The smallest absolute Gasteiger partial charge is 0.323 e. The normalized spacial score (nSPS) is 18.9. The number of nitrogens with zero attached hydrogens (tertiary/aromatic N) is 5. The van der Waals surface area contributed by atoms with E-state index >= 15 is 0 Å². The van der Waals surface area contributed by atoms with E-state index in [0.29, 0.717) is 29.5 Å². The third kappa shape index (κ3) is 3.87. The van der Waals surface area contributed by atoms with Gasteiger partial charge in [0.05, 0.1) is 27.8 Å². The number of amides is 2. The van der Waals surface area contributed by atoms with Crippen LogP contribution in [-0.4, -0.2) is 46.1 Å². The molecule has 2 amide bonds. The number of hydrogen-bond donors (Lipinski definition) is 1. The minimum absolute atomic E-state index is 0.0240. The maximum Gasteiger partial charge on any atom is 0.323 e. The van der Waals surface area contributed by atoms with Gasteiger partial charge in [-0.1, -0.05) is 23.7 Å². The van der Waals surface area contributed by atoms with Crippen LogP contribution in [0.25, 0.3) is 11.0 Å². The summed E-state index contributed by atoms with van der Waals surface area (Å²) < 4.78 is 0. The second-order valence-corrected chi connectivity index (χ2v) is 7.86. The van der Waals surface area contributed by atoms with Crippen LogP contribution in [0.4, 0.5) is 16.3 Å². The van der Waals surface area contributed by atoms with Crippen molar-refractivity contribution in [3.63, 3.8) is 0 Å². The van der Waals surface area contributed by atoms with Gasteiger partial charge in [-0.3, -0.25) is 10.3 Å². The summed E-state index contributed by atoms with van der Waals surface area (Å²) >= 11 is 6.21. The van der Waals surface area contributed by atoms with Gasteiger partial charge in [0, 0.05) is 30.9 Å². The lowest BCUT2D eigenvalue weighted by Gasteiger charge is -2.45. The number of carbonyl (C=O) groups excluding carboxylic acids is 1. The van der Waals surface area contributed by atoms with Crippen LogP contribution >= 0.6 is 11.6 Å². The molecule has 0 saturated carbocycles. The Morgan fingerprint density at radius 2 is 1.93 bits per heavy atom. The molecule has 0 radical (unpaired) electrons. The van der Waals surface area contributed by atoms with Crippen LogP contribution in [0.5, 0.6) is 0 Å². The van der Waals surface area contributed by atoms with E-state index in [2.05, 4.69) is 33.2 Å². The largest absolute Gasteiger partial charge is 0.365 e. The summed E-state index contributed by atoms with van der Waals surface area (Å²) in [6, 6.07) is 14.9. The van der Waals surface area contributed by atoms with Crippen LogP contribution in [-0.2, 0) is 0 Å². The molecule has 0 unspecified atom stereocenters. The topological polar surface area (TPSA) is 85.2 Å². The zero-order chi connectivity index (χ0) is 21.3. The van der Waals surface area contributed by atoms with Gasteiger partial charge >= 0.3 is 6.03 Å². The number of piperazine rings is 1. The van der Waals surface area contributed by atoms with Crippen LogP contribution in [0.1, 0.15) is 19.4 Å². The third-order valence-electron chi connectivity index (χ3n) is 5.34. The zero-order valence-corrected chi connectivity index (χ0v) is 17.5. The highest BCUT2D eigenvalue weighted by Gasteiger charge is 2.32. The lowest BCUT2D eigenvalue weighted by molar-refractivity contribution is 0.173. The summed E-state index contributed by atoms with van der Waals surface area (Å²) in [5.41, 5.74) is 2.92. The van der Waals surface area contributed by atoms with Crippen molar-refractivity contribution >= 4 is 40.2 Å². The first kappa shape index (κ1) is 19.9. The Morgan fingerprint density at radius 1 is 1.17 bits per heavy atom. The van der Waals surface area contributed by atoms with E-state index < -0.39 is 0 Å². The second-order valence-electron chi connectivity index (χ2n) is 7.45. The van der Waals surface area contributed by atoms with Gasteiger partial charge in [-0.05, 0) is 44.2 Å². The number of benzene rings is 2. The Morgan fingerprint density at radius 3 is 2.67 bits per heavy atom. The minimum Gasteiger partial charge on any atom is -0.365 e. The number of hydrogen-bond acceptors (Lipinski definition) is 5. The Hall–Kier alpha value is -3.37. The van der Waals surface area contributed by atoms with Crippen LogP contribution < -0.4 is 10.2 Å². The Bertz CT molecular complexity index is 1140. The molecule has 1 saturated heterocycles. The van der Waals surface area contributed by atoms with E-state index in [9.17, 15) is 4.79 Å². The summed E-state index contributed by atoms with van der Waals surface area (Å²) in [7, 11) is 0. The average molecular weight is 421 g/mol. The van der Waals surface area contributed by atoms with Gasteiger partial charge in [-0.15, -0.1) is 0 Å². The molecule has 152 valence electrons. The monoisotopic (exact) mass is 420 g/mol. The second kappa shape index (κ2) is 8.17. The van der Waals surface area contributed by atoms with Crippen LogP contribution in [0.2, 0.25) is 5.02 Å². The SMILES string of the molecule is C[C@@H]1CN(c2ccc(C#N)c(Cl)c2)[C@@H](C)CN1C(=O)Nc1cnc2ccccc2n1. The molecule has 0 bridgehead atoms. The highest BCUT2D eigenvalue weighted by atomic mass is 35.5. The Balaban J connectivity index is 1.47. The molecule has 30 heavy (non-hydrogen) atoms. The van der Waals surface area contributed by atoms with Crippen molar-refractivity contribution in [3.05, 3.63) is 59.2 Å². The predicted octanol–water partition coefficient (Wildman–Crippen LogP) is 4.29. The lowest BCUT2D eigenvalue weighted by atomic mass is 10.1. The van der Waals surface area contributed by atoms with E-state index in [1.165, 1.54) is 0 Å². The van der Waals surface area contributed by atoms with Crippen LogP contribution in [0.3, 0.4) is 0 Å². The fraction of sp³-hybridized carbons (Fsp3) is 0.273. The summed E-state index contributed by atoms with van der Waals surface area (Å²) in [4.78, 5) is 25.7. The maximum absolute atomic E-state index is 12.9. The molecule has 4 rings (SSSR count). The molecule has 7 nitrogen and oxygen atoms in total. The van der Waals surface area contributed by atoms with Gasteiger partial charge in [0.2, 0.25) is 0 Å². The molecule has 0 aliphatic carbocycles. The molecular weight excluding hydrogens is 400 g/mol. The third-order valence-corrected chi connectivity index (χ3v) is 5.65. The first-order chi connectivity index (χ1) is 14.5. The molecule has 1 N–H and O–H groups in total. The van der Waals surface area contributed by atoms with Crippen molar-refractivity contribution in [1.82, 2.24) is 14.9 Å². The van der Waals surface area contributed by atoms with Gasteiger partial charge in [-0.25, -0.2) is 9.78 Å². The van der Waals surface area contributed by atoms with Crippen molar-refractivity contribution in [1.29, 1.82) is 5.26 Å². The van der Waals surface area contributed by atoms with E-state index in [-0.39, 0.29) is 18.1 Å². The highest BCUT2D eigenvalue weighted by Crippen LogP contribution is 2.28. The lowest BCUT2D eigenvalue weighted by Crippen LogP contribution is -2.59. The number of urea groups is 1. The summed E-state index contributed by atoms with van der Waals surface area (Å²) in [6.07, 6.45) is 1.57. The number of aromatic nitrogens is 2. The van der Waals surface area contributed by atoms with Crippen molar-refractivity contribution in [2.75, 3.05) is 23.3 Å². The van der Waals surface area contributed by atoms with Gasteiger partial charge < -0.3 is 9.80 Å². The van der Waals surface area contributed by atoms with E-state index in [1.807, 2.05) is 48.2 Å². The number of nitrogens with one attached hydrogen (secondary N) is 1. The van der Waals surface area contributed by atoms with E-state index in [4.69, 9.17) is 16.9 Å². The zero-order valence-electron chi connectivity index (χ0n) is 16.7. The molecule has 1 aromatic heterocycles. The van der Waals surface area contributed by atoms with Crippen LogP contribution in [0, 0.1) is 11.3 Å². The van der Waals surface area contributed by atoms with Crippen molar-refractivity contribution in [2.45, 2.75) is 25.9 Å².